The maximum atomic E-state index is 12.7. The molecule has 1 aromatic carbocycles. The Balaban J connectivity index is 2.22. The van der Waals surface area contributed by atoms with Gasteiger partial charge in [-0.25, -0.2) is 0 Å². The first kappa shape index (κ1) is 14.0. The number of alkyl halides is 3. The molecule has 0 aromatic heterocycles. The van der Waals surface area contributed by atoms with E-state index in [1.807, 2.05) is 0 Å². The lowest BCUT2D eigenvalue weighted by atomic mass is 10.1. The Labute approximate surface area is 113 Å². The molecule has 19 heavy (non-hydrogen) atoms. The molecule has 1 aliphatic rings. The number of hydrogen-bond donors (Lipinski definition) is 0. The van der Waals surface area contributed by atoms with Crippen LogP contribution >= 0.6 is 11.6 Å². The number of benzene rings is 1. The van der Waals surface area contributed by atoms with E-state index in [1.165, 1.54) is 6.07 Å². The zero-order valence-corrected chi connectivity index (χ0v) is 10.7. The van der Waals surface area contributed by atoms with Crippen LogP contribution in [0.3, 0.4) is 0 Å². The van der Waals surface area contributed by atoms with Gasteiger partial charge in [-0.1, -0.05) is 11.6 Å². The Morgan fingerprint density at radius 3 is 2.32 bits per heavy atom. The normalized spacial score (nSPS) is 16.6. The Morgan fingerprint density at radius 1 is 1.16 bits per heavy atom. The minimum Gasteiger partial charge on any atom is -0.367 e. The fraction of sp³-hybridized carbons (Fsp3) is 0.417. The summed E-state index contributed by atoms with van der Waals surface area (Å²) in [5.74, 6) is 0. The van der Waals surface area contributed by atoms with Gasteiger partial charge in [0.15, 0.2) is 0 Å². The topological polar surface area (TPSA) is 23.6 Å². The predicted octanol–water partition coefficient (Wildman–Crippen LogP) is 2.64. The third-order valence-corrected chi connectivity index (χ3v) is 3.40. The van der Waals surface area contributed by atoms with Crippen LogP contribution in [0.2, 0.25) is 5.02 Å². The molecule has 0 saturated carbocycles. The molecule has 0 bridgehead atoms. The number of carbonyl (C=O) groups is 1. The van der Waals surface area contributed by atoms with Crippen molar-refractivity contribution in [2.24, 2.45) is 0 Å². The van der Waals surface area contributed by atoms with Crippen LogP contribution in [-0.4, -0.2) is 37.5 Å². The minimum atomic E-state index is -4.38. The van der Waals surface area contributed by atoms with E-state index in [1.54, 1.807) is 9.80 Å². The summed E-state index contributed by atoms with van der Waals surface area (Å²) < 4.78 is 38.0. The van der Waals surface area contributed by atoms with Crippen molar-refractivity contribution in [2.75, 3.05) is 31.1 Å². The number of nitrogens with zero attached hydrogens (tertiary/aromatic N) is 2. The third kappa shape index (κ3) is 3.12. The fourth-order valence-corrected chi connectivity index (χ4v) is 2.24. The number of piperazine rings is 1. The molecule has 1 fully saturated rings. The highest BCUT2D eigenvalue weighted by Gasteiger charge is 2.31. The SMILES string of the molecule is O=CN1CCN(c2cc(C(F)(F)F)ccc2Cl)CC1. The van der Waals surface area contributed by atoms with Crippen molar-refractivity contribution in [2.45, 2.75) is 6.18 Å². The monoisotopic (exact) mass is 292 g/mol. The minimum absolute atomic E-state index is 0.285. The van der Waals surface area contributed by atoms with E-state index in [-0.39, 0.29) is 5.02 Å². The predicted molar refractivity (Wildman–Crippen MR) is 66.3 cm³/mol. The zero-order valence-electron chi connectivity index (χ0n) is 9.95. The van der Waals surface area contributed by atoms with E-state index in [0.717, 1.165) is 18.5 Å². The van der Waals surface area contributed by atoms with Crippen LogP contribution in [0.1, 0.15) is 5.56 Å². The first-order chi connectivity index (χ1) is 8.91. The molecule has 0 radical (unpaired) electrons. The van der Waals surface area contributed by atoms with Gasteiger partial charge in [0.1, 0.15) is 0 Å². The van der Waals surface area contributed by atoms with E-state index in [4.69, 9.17) is 11.6 Å². The Kier molecular flexibility index (Phi) is 3.89. The van der Waals surface area contributed by atoms with Gasteiger partial charge in [0.25, 0.3) is 0 Å². The first-order valence-electron chi connectivity index (χ1n) is 5.73. The molecule has 104 valence electrons. The van der Waals surface area contributed by atoms with Gasteiger partial charge in [0, 0.05) is 26.2 Å². The largest absolute Gasteiger partial charge is 0.416 e. The molecule has 1 amide bonds. The van der Waals surface area contributed by atoms with Crippen molar-refractivity contribution in [3.8, 4) is 0 Å². The van der Waals surface area contributed by atoms with Gasteiger partial charge < -0.3 is 9.80 Å². The van der Waals surface area contributed by atoms with Gasteiger partial charge >= 0.3 is 6.18 Å². The van der Waals surface area contributed by atoms with Gasteiger partial charge in [-0.05, 0) is 18.2 Å². The quantitative estimate of drug-likeness (QED) is 0.783. The number of carbonyl (C=O) groups excluding carboxylic acids is 1. The van der Waals surface area contributed by atoms with Crippen molar-refractivity contribution in [3.63, 3.8) is 0 Å². The number of rotatable bonds is 2. The molecule has 1 aromatic rings. The summed E-state index contributed by atoms with van der Waals surface area (Å²) >= 11 is 5.96. The summed E-state index contributed by atoms with van der Waals surface area (Å²) in [7, 11) is 0. The molecule has 0 spiro atoms. The van der Waals surface area contributed by atoms with E-state index in [2.05, 4.69) is 0 Å². The highest BCUT2D eigenvalue weighted by molar-refractivity contribution is 6.33. The molecule has 1 saturated heterocycles. The molecule has 0 aliphatic carbocycles. The molecular weight excluding hydrogens is 281 g/mol. The highest BCUT2D eigenvalue weighted by atomic mass is 35.5. The van der Waals surface area contributed by atoms with Crippen molar-refractivity contribution in [1.82, 2.24) is 4.90 Å². The highest BCUT2D eigenvalue weighted by Crippen LogP contribution is 2.35. The van der Waals surface area contributed by atoms with Crippen molar-refractivity contribution < 1.29 is 18.0 Å². The second-order valence-corrected chi connectivity index (χ2v) is 4.70. The average molecular weight is 293 g/mol. The standard InChI is InChI=1S/C12H12ClF3N2O/c13-10-2-1-9(12(14,15)16)7-11(10)18-5-3-17(8-19)4-6-18/h1-2,7-8H,3-6H2. The third-order valence-electron chi connectivity index (χ3n) is 3.08. The molecule has 0 atom stereocenters. The summed E-state index contributed by atoms with van der Waals surface area (Å²) in [6.45, 7) is 1.91. The van der Waals surface area contributed by atoms with Gasteiger partial charge in [0.05, 0.1) is 16.3 Å². The van der Waals surface area contributed by atoms with Gasteiger partial charge in [0.2, 0.25) is 6.41 Å². The molecule has 0 unspecified atom stereocenters. The Morgan fingerprint density at radius 2 is 1.79 bits per heavy atom. The lowest BCUT2D eigenvalue weighted by molar-refractivity contribution is -0.137. The summed E-state index contributed by atoms with van der Waals surface area (Å²) in [5.41, 5.74) is -0.355. The van der Waals surface area contributed by atoms with Crippen LogP contribution in [0.25, 0.3) is 0 Å². The van der Waals surface area contributed by atoms with Crippen LogP contribution < -0.4 is 4.90 Å². The Hall–Kier alpha value is -1.43. The van der Waals surface area contributed by atoms with Gasteiger partial charge in [-0.2, -0.15) is 13.2 Å². The summed E-state index contributed by atoms with van der Waals surface area (Å²) in [6.07, 6.45) is -3.64. The molecule has 2 rings (SSSR count). The van der Waals surface area contributed by atoms with Crippen LogP contribution in [0.15, 0.2) is 18.2 Å². The van der Waals surface area contributed by atoms with Crippen LogP contribution in [0.4, 0.5) is 18.9 Å². The van der Waals surface area contributed by atoms with Crippen LogP contribution in [0, 0.1) is 0 Å². The lowest BCUT2D eigenvalue weighted by Crippen LogP contribution is -2.45. The molecule has 1 heterocycles. The van der Waals surface area contributed by atoms with Crippen molar-refractivity contribution in [1.29, 1.82) is 0 Å². The summed E-state index contributed by atoms with van der Waals surface area (Å²) in [4.78, 5) is 13.9. The van der Waals surface area contributed by atoms with Crippen molar-refractivity contribution >= 4 is 23.7 Å². The average Bonchev–Trinajstić information content (AvgIpc) is 2.38. The van der Waals surface area contributed by atoms with E-state index in [9.17, 15) is 18.0 Å². The maximum Gasteiger partial charge on any atom is 0.416 e. The van der Waals surface area contributed by atoms with Gasteiger partial charge in [-0.15, -0.1) is 0 Å². The van der Waals surface area contributed by atoms with E-state index < -0.39 is 11.7 Å². The zero-order chi connectivity index (χ0) is 14.0. The molecule has 0 N–H and O–H groups in total. The van der Waals surface area contributed by atoms with E-state index >= 15 is 0 Å². The number of amides is 1. The number of anilines is 1. The van der Waals surface area contributed by atoms with E-state index in [0.29, 0.717) is 31.9 Å². The molecule has 3 nitrogen and oxygen atoms in total. The molecule has 7 heteroatoms. The first-order valence-corrected chi connectivity index (χ1v) is 6.10. The second-order valence-electron chi connectivity index (χ2n) is 4.29. The number of halogens is 4. The molecule has 1 aliphatic heterocycles. The number of hydrogen-bond acceptors (Lipinski definition) is 2. The molecular formula is C12H12ClF3N2O. The lowest BCUT2D eigenvalue weighted by Gasteiger charge is -2.34. The maximum absolute atomic E-state index is 12.7. The Bertz CT molecular complexity index is 471. The summed E-state index contributed by atoms with van der Waals surface area (Å²) in [6, 6.07) is 3.28. The fourth-order valence-electron chi connectivity index (χ4n) is 2.00. The second kappa shape index (κ2) is 5.28. The van der Waals surface area contributed by atoms with Crippen LogP contribution in [-0.2, 0) is 11.0 Å². The smallest absolute Gasteiger partial charge is 0.367 e. The van der Waals surface area contributed by atoms with Crippen molar-refractivity contribution in [3.05, 3.63) is 28.8 Å². The van der Waals surface area contributed by atoms with Crippen LogP contribution in [0.5, 0.6) is 0 Å². The summed E-state index contributed by atoms with van der Waals surface area (Å²) in [5, 5.41) is 0.285. The van der Waals surface area contributed by atoms with Gasteiger partial charge in [-0.3, -0.25) is 4.79 Å².